The molecule has 0 fully saturated rings. The van der Waals surface area contributed by atoms with Crippen LogP contribution in [0.4, 0.5) is 17.3 Å². The molecule has 2 aromatic carbocycles. The highest BCUT2D eigenvalue weighted by Gasteiger charge is 2.14. The molecule has 0 saturated heterocycles. The fraction of sp³-hybridized carbons (Fsp3) is 0.190. The Labute approximate surface area is 162 Å². The van der Waals surface area contributed by atoms with Gasteiger partial charge in [0.1, 0.15) is 0 Å². The second kappa shape index (κ2) is 7.56. The van der Waals surface area contributed by atoms with E-state index in [0.717, 1.165) is 11.4 Å². The van der Waals surface area contributed by atoms with Gasteiger partial charge in [0.05, 0.1) is 5.56 Å². The summed E-state index contributed by atoms with van der Waals surface area (Å²) in [6.45, 7) is 4.48. The van der Waals surface area contributed by atoms with E-state index in [-0.39, 0.29) is 12.7 Å². The van der Waals surface area contributed by atoms with Crippen LogP contribution in [0.5, 0.6) is 11.5 Å². The molecule has 1 amide bonds. The van der Waals surface area contributed by atoms with Crippen LogP contribution in [-0.4, -0.2) is 22.7 Å². The van der Waals surface area contributed by atoms with Gasteiger partial charge >= 0.3 is 0 Å². The molecule has 0 radical (unpaired) electrons. The monoisotopic (exact) mass is 376 g/mol. The third-order valence-electron chi connectivity index (χ3n) is 4.38. The van der Waals surface area contributed by atoms with Crippen LogP contribution in [0.3, 0.4) is 0 Å². The van der Waals surface area contributed by atoms with Crippen molar-refractivity contribution < 1.29 is 14.3 Å². The SMILES string of the molecule is CC(C)c1ccc(NC(=O)c2cnc(Nc3ccc4c(c3)OCO4)nc2)cc1. The van der Waals surface area contributed by atoms with Crippen molar-refractivity contribution in [1.82, 2.24) is 9.97 Å². The van der Waals surface area contributed by atoms with Gasteiger partial charge in [0.25, 0.3) is 5.91 Å². The maximum absolute atomic E-state index is 12.4. The normalized spacial score (nSPS) is 12.1. The lowest BCUT2D eigenvalue weighted by Crippen LogP contribution is -2.13. The zero-order valence-electron chi connectivity index (χ0n) is 15.6. The third kappa shape index (κ3) is 3.88. The van der Waals surface area contributed by atoms with E-state index >= 15 is 0 Å². The minimum atomic E-state index is -0.257. The van der Waals surface area contributed by atoms with E-state index < -0.39 is 0 Å². The molecule has 7 heteroatoms. The zero-order valence-corrected chi connectivity index (χ0v) is 15.6. The van der Waals surface area contributed by atoms with Gasteiger partial charge in [-0.2, -0.15) is 0 Å². The summed E-state index contributed by atoms with van der Waals surface area (Å²) in [4.78, 5) is 20.8. The van der Waals surface area contributed by atoms with Crippen LogP contribution < -0.4 is 20.1 Å². The Balaban J connectivity index is 1.40. The molecule has 0 atom stereocenters. The van der Waals surface area contributed by atoms with Crippen molar-refractivity contribution in [3.8, 4) is 11.5 Å². The van der Waals surface area contributed by atoms with Gasteiger partial charge in [-0.05, 0) is 35.7 Å². The van der Waals surface area contributed by atoms with Gasteiger partial charge < -0.3 is 20.1 Å². The average molecular weight is 376 g/mol. The van der Waals surface area contributed by atoms with Crippen LogP contribution >= 0.6 is 0 Å². The predicted molar refractivity (Wildman–Crippen MR) is 106 cm³/mol. The Morgan fingerprint density at radius 1 is 0.964 bits per heavy atom. The highest BCUT2D eigenvalue weighted by atomic mass is 16.7. The summed E-state index contributed by atoms with van der Waals surface area (Å²) in [6, 6.07) is 13.3. The number of benzene rings is 2. The molecule has 0 saturated carbocycles. The molecular weight excluding hydrogens is 356 g/mol. The number of nitrogens with one attached hydrogen (secondary N) is 2. The van der Waals surface area contributed by atoms with Crippen LogP contribution in [0.15, 0.2) is 54.9 Å². The first kappa shape index (κ1) is 17.8. The van der Waals surface area contributed by atoms with E-state index in [1.807, 2.05) is 42.5 Å². The van der Waals surface area contributed by atoms with E-state index in [2.05, 4.69) is 34.4 Å². The molecule has 1 aromatic heterocycles. The fourth-order valence-corrected chi connectivity index (χ4v) is 2.77. The van der Waals surface area contributed by atoms with Gasteiger partial charge in [-0.1, -0.05) is 26.0 Å². The molecule has 2 heterocycles. The van der Waals surface area contributed by atoms with Crippen molar-refractivity contribution in [3.63, 3.8) is 0 Å². The van der Waals surface area contributed by atoms with Crippen molar-refractivity contribution in [2.24, 2.45) is 0 Å². The smallest absolute Gasteiger partial charge is 0.258 e. The van der Waals surface area contributed by atoms with Crippen molar-refractivity contribution >= 4 is 23.2 Å². The molecule has 142 valence electrons. The van der Waals surface area contributed by atoms with Crippen molar-refractivity contribution in [2.45, 2.75) is 19.8 Å². The van der Waals surface area contributed by atoms with Crippen molar-refractivity contribution in [2.75, 3.05) is 17.4 Å². The quantitative estimate of drug-likeness (QED) is 0.690. The highest BCUT2D eigenvalue weighted by Crippen LogP contribution is 2.34. The summed E-state index contributed by atoms with van der Waals surface area (Å²) in [6.07, 6.45) is 2.97. The molecular formula is C21H20N4O3. The fourth-order valence-electron chi connectivity index (χ4n) is 2.77. The number of ether oxygens (including phenoxy) is 2. The number of aromatic nitrogens is 2. The maximum atomic E-state index is 12.4. The molecule has 0 aliphatic carbocycles. The van der Waals surface area contributed by atoms with Crippen LogP contribution in [-0.2, 0) is 0 Å². The molecule has 0 unspecified atom stereocenters. The molecule has 1 aliphatic heterocycles. The van der Waals surface area contributed by atoms with Crippen LogP contribution in [0.2, 0.25) is 0 Å². The maximum Gasteiger partial charge on any atom is 0.258 e. The lowest BCUT2D eigenvalue weighted by molar-refractivity contribution is 0.102. The Bertz CT molecular complexity index is 986. The lowest BCUT2D eigenvalue weighted by Gasteiger charge is -2.09. The highest BCUT2D eigenvalue weighted by molar-refractivity contribution is 6.03. The van der Waals surface area contributed by atoms with Crippen molar-refractivity contribution in [3.05, 3.63) is 66.0 Å². The number of hydrogen-bond donors (Lipinski definition) is 2. The Morgan fingerprint density at radius 2 is 1.64 bits per heavy atom. The number of rotatable bonds is 5. The van der Waals surface area contributed by atoms with E-state index in [9.17, 15) is 4.79 Å². The minimum Gasteiger partial charge on any atom is -0.454 e. The Kier molecular flexibility index (Phi) is 4.80. The molecule has 28 heavy (non-hydrogen) atoms. The van der Waals surface area contributed by atoms with Gasteiger partial charge in [-0.25, -0.2) is 9.97 Å². The first-order valence-corrected chi connectivity index (χ1v) is 8.98. The second-order valence-corrected chi connectivity index (χ2v) is 6.72. The number of anilines is 3. The Morgan fingerprint density at radius 3 is 2.36 bits per heavy atom. The first-order valence-electron chi connectivity index (χ1n) is 8.98. The summed E-state index contributed by atoms with van der Waals surface area (Å²) >= 11 is 0. The first-order chi connectivity index (χ1) is 13.6. The van der Waals surface area contributed by atoms with Crippen LogP contribution in [0.25, 0.3) is 0 Å². The molecule has 7 nitrogen and oxygen atoms in total. The predicted octanol–water partition coefficient (Wildman–Crippen LogP) is 4.32. The van der Waals surface area contributed by atoms with Crippen LogP contribution in [0, 0.1) is 0 Å². The molecule has 0 bridgehead atoms. The number of fused-ring (bicyclic) bond motifs is 1. The molecule has 1 aliphatic rings. The summed E-state index contributed by atoms with van der Waals surface area (Å²) in [7, 11) is 0. The van der Waals surface area contributed by atoms with E-state index in [4.69, 9.17) is 9.47 Å². The molecule has 2 N–H and O–H groups in total. The van der Waals surface area contributed by atoms with Gasteiger partial charge in [-0.3, -0.25) is 4.79 Å². The zero-order chi connectivity index (χ0) is 19.5. The topological polar surface area (TPSA) is 85.4 Å². The number of carbonyl (C=O) groups is 1. The van der Waals surface area contributed by atoms with Gasteiger partial charge in [0, 0.05) is 29.8 Å². The summed E-state index contributed by atoms with van der Waals surface area (Å²) in [5.74, 6) is 1.95. The number of nitrogens with zero attached hydrogens (tertiary/aromatic N) is 2. The van der Waals surface area contributed by atoms with Gasteiger partial charge in [-0.15, -0.1) is 0 Å². The lowest BCUT2D eigenvalue weighted by atomic mass is 10.0. The largest absolute Gasteiger partial charge is 0.454 e. The average Bonchev–Trinajstić information content (AvgIpc) is 3.17. The van der Waals surface area contributed by atoms with Crippen molar-refractivity contribution in [1.29, 1.82) is 0 Å². The summed E-state index contributed by atoms with van der Waals surface area (Å²) in [5, 5.41) is 5.93. The summed E-state index contributed by atoms with van der Waals surface area (Å²) in [5.41, 5.74) is 3.10. The van der Waals surface area contributed by atoms with Gasteiger partial charge in [0.15, 0.2) is 11.5 Å². The summed E-state index contributed by atoms with van der Waals surface area (Å²) < 4.78 is 10.6. The molecule has 3 aromatic rings. The number of carbonyl (C=O) groups excluding carboxylic acids is 1. The van der Waals surface area contributed by atoms with Crippen LogP contribution in [0.1, 0.15) is 35.7 Å². The van der Waals surface area contributed by atoms with E-state index in [1.54, 1.807) is 0 Å². The Hall–Kier alpha value is -3.61. The molecule has 4 rings (SSSR count). The standard InChI is InChI=1S/C21H20N4O3/c1-13(2)14-3-5-16(6-4-14)24-20(26)15-10-22-21(23-11-15)25-17-7-8-18-19(9-17)28-12-27-18/h3-11,13H,12H2,1-2H3,(H,24,26)(H,22,23,25). The van der Waals surface area contributed by atoms with Gasteiger partial charge in [0.2, 0.25) is 12.7 Å². The number of amides is 1. The van der Waals surface area contributed by atoms with E-state index in [0.29, 0.717) is 28.9 Å². The minimum absolute atomic E-state index is 0.222. The van der Waals surface area contributed by atoms with E-state index in [1.165, 1.54) is 18.0 Å². The second-order valence-electron chi connectivity index (χ2n) is 6.72. The third-order valence-corrected chi connectivity index (χ3v) is 4.38. The molecule has 0 spiro atoms. The number of hydrogen-bond acceptors (Lipinski definition) is 6.